The molecule has 8 nitrogen and oxygen atoms in total. The summed E-state index contributed by atoms with van der Waals surface area (Å²) in [6.45, 7) is 6.81. The van der Waals surface area contributed by atoms with Crippen LogP contribution in [-0.2, 0) is 17.8 Å². The molecule has 0 N–H and O–H groups in total. The molecule has 8 heteroatoms. The largest absolute Gasteiger partial charge is 0.378 e. The van der Waals surface area contributed by atoms with Gasteiger partial charge in [0.25, 0.3) is 5.91 Å². The summed E-state index contributed by atoms with van der Waals surface area (Å²) in [5, 5.41) is 0. The van der Waals surface area contributed by atoms with Crippen LogP contribution in [0.15, 0.2) is 24.5 Å². The molecule has 2 aliphatic rings. The Morgan fingerprint density at radius 3 is 2.79 bits per heavy atom. The third-order valence-electron chi connectivity index (χ3n) is 5.10. The normalized spacial score (nSPS) is 16.4. The Bertz CT molecular complexity index is 838. The van der Waals surface area contributed by atoms with Crippen molar-refractivity contribution in [3.63, 3.8) is 0 Å². The minimum Gasteiger partial charge on any atom is -0.378 e. The van der Waals surface area contributed by atoms with Crippen molar-refractivity contribution in [1.82, 2.24) is 19.9 Å². The van der Waals surface area contributed by atoms with Crippen molar-refractivity contribution >= 4 is 17.7 Å². The highest BCUT2D eigenvalue weighted by Gasteiger charge is 2.34. The lowest BCUT2D eigenvalue weighted by Crippen LogP contribution is -2.38. The lowest BCUT2D eigenvalue weighted by Gasteiger charge is -2.28. The highest BCUT2D eigenvalue weighted by atomic mass is 16.5. The van der Waals surface area contributed by atoms with Crippen LogP contribution in [0.5, 0.6) is 0 Å². The molecule has 0 radical (unpaired) electrons. The minimum atomic E-state index is 0.00443. The van der Waals surface area contributed by atoms with Gasteiger partial charge in [-0.15, -0.1) is 0 Å². The Morgan fingerprint density at radius 1 is 1.25 bits per heavy atom. The molecule has 28 heavy (non-hydrogen) atoms. The number of carbonyl (C=O) groups excluding carboxylic acids is 1. The topological polar surface area (TPSA) is 74.7 Å². The predicted octanol–water partition coefficient (Wildman–Crippen LogP) is 1.71. The lowest BCUT2D eigenvalue weighted by atomic mass is 10.2. The average Bonchev–Trinajstić information content (AvgIpc) is 3.04. The fourth-order valence-corrected chi connectivity index (χ4v) is 3.71. The van der Waals surface area contributed by atoms with Crippen molar-refractivity contribution in [2.45, 2.75) is 26.4 Å². The van der Waals surface area contributed by atoms with E-state index in [1.54, 1.807) is 6.20 Å². The number of hydrogen-bond donors (Lipinski definition) is 0. The van der Waals surface area contributed by atoms with E-state index >= 15 is 0 Å². The molecule has 0 saturated carbocycles. The first-order valence-corrected chi connectivity index (χ1v) is 9.80. The van der Waals surface area contributed by atoms with Crippen molar-refractivity contribution in [3.8, 4) is 0 Å². The van der Waals surface area contributed by atoms with Gasteiger partial charge in [0.2, 0.25) is 5.95 Å². The van der Waals surface area contributed by atoms with Crippen LogP contribution < -0.4 is 9.80 Å². The maximum atomic E-state index is 12.9. The average molecular weight is 382 g/mol. The summed E-state index contributed by atoms with van der Waals surface area (Å²) in [6.07, 6.45) is 4.55. The zero-order chi connectivity index (χ0) is 19.5. The molecule has 1 saturated heterocycles. The number of pyridine rings is 1. The van der Waals surface area contributed by atoms with Crippen LogP contribution in [0.2, 0.25) is 0 Å². The van der Waals surface area contributed by atoms with Crippen LogP contribution in [0.4, 0.5) is 11.8 Å². The fraction of sp³-hybridized carbons (Fsp3) is 0.500. The van der Waals surface area contributed by atoms with E-state index in [2.05, 4.69) is 26.7 Å². The monoisotopic (exact) mass is 382 g/mol. The number of amides is 1. The second-order valence-electron chi connectivity index (χ2n) is 7.22. The molecule has 0 unspecified atom stereocenters. The van der Waals surface area contributed by atoms with Crippen LogP contribution in [0.3, 0.4) is 0 Å². The molecular weight excluding hydrogens is 356 g/mol. The van der Waals surface area contributed by atoms with Crippen molar-refractivity contribution < 1.29 is 9.53 Å². The van der Waals surface area contributed by atoms with E-state index in [-0.39, 0.29) is 5.91 Å². The van der Waals surface area contributed by atoms with Crippen molar-refractivity contribution in [2.24, 2.45) is 0 Å². The highest BCUT2D eigenvalue weighted by Crippen LogP contribution is 2.31. The molecule has 4 heterocycles. The molecule has 2 aromatic rings. The number of aromatic nitrogens is 3. The number of morpholine rings is 1. The van der Waals surface area contributed by atoms with Gasteiger partial charge in [0.15, 0.2) is 0 Å². The molecular formula is C20H26N6O2. The molecule has 2 aromatic heterocycles. The van der Waals surface area contributed by atoms with Gasteiger partial charge in [-0.2, -0.15) is 4.98 Å². The summed E-state index contributed by atoms with van der Waals surface area (Å²) in [7, 11) is 2.01. The molecule has 0 atom stereocenters. The maximum absolute atomic E-state index is 12.9. The molecule has 148 valence electrons. The minimum absolute atomic E-state index is 0.00443. The zero-order valence-electron chi connectivity index (χ0n) is 16.5. The predicted molar refractivity (Wildman–Crippen MR) is 106 cm³/mol. The number of nitrogens with zero attached hydrogens (tertiary/aromatic N) is 6. The van der Waals surface area contributed by atoms with Gasteiger partial charge in [-0.3, -0.25) is 9.78 Å². The first-order chi connectivity index (χ1) is 13.7. The molecule has 0 aliphatic carbocycles. The van der Waals surface area contributed by atoms with Crippen LogP contribution >= 0.6 is 0 Å². The van der Waals surface area contributed by atoms with Crippen molar-refractivity contribution in [3.05, 3.63) is 41.3 Å². The van der Waals surface area contributed by atoms with E-state index in [0.29, 0.717) is 37.9 Å². The molecule has 1 fully saturated rings. The van der Waals surface area contributed by atoms with Gasteiger partial charge in [-0.1, -0.05) is 13.0 Å². The lowest BCUT2D eigenvalue weighted by molar-refractivity contribution is 0.0774. The molecule has 0 aromatic carbocycles. The van der Waals surface area contributed by atoms with Crippen molar-refractivity contribution in [2.75, 3.05) is 49.7 Å². The van der Waals surface area contributed by atoms with Crippen LogP contribution in [0.1, 0.15) is 35.0 Å². The number of ether oxygens (including phenoxy) is 1. The number of fused-ring (bicyclic) bond motifs is 1. The first kappa shape index (κ1) is 18.6. The number of rotatable bonds is 6. The van der Waals surface area contributed by atoms with Gasteiger partial charge in [0.1, 0.15) is 11.5 Å². The maximum Gasteiger partial charge on any atom is 0.273 e. The second kappa shape index (κ2) is 8.10. The Labute approximate surface area is 165 Å². The SMILES string of the molecule is CCCN1Cc2c(nc(N3CCOCC3)nc2N(C)Cc2cccnc2)C1=O. The van der Waals surface area contributed by atoms with E-state index < -0.39 is 0 Å². The van der Waals surface area contributed by atoms with E-state index in [1.807, 2.05) is 30.3 Å². The van der Waals surface area contributed by atoms with Gasteiger partial charge < -0.3 is 19.4 Å². The summed E-state index contributed by atoms with van der Waals surface area (Å²) in [5.41, 5.74) is 2.56. The Morgan fingerprint density at radius 2 is 2.07 bits per heavy atom. The zero-order valence-corrected chi connectivity index (χ0v) is 16.5. The fourth-order valence-electron chi connectivity index (χ4n) is 3.71. The summed E-state index contributed by atoms with van der Waals surface area (Å²) >= 11 is 0. The van der Waals surface area contributed by atoms with E-state index in [1.165, 1.54) is 0 Å². The Hall–Kier alpha value is -2.74. The number of anilines is 2. The standard InChI is InChI=1S/C20H26N6O2/c1-3-7-26-14-16-17(19(26)27)22-20(25-8-10-28-11-9-25)23-18(16)24(2)13-15-5-4-6-21-12-15/h4-6,12H,3,7-11,13-14H2,1-2H3. The highest BCUT2D eigenvalue weighted by molar-refractivity contribution is 5.98. The third-order valence-corrected chi connectivity index (χ3v) is 5.10. The number of carbonyl (C=O) groups is 1. The van der Waals surface area contributed by atoms with E-state index in [0.717, 1.165) is 43.0 Å². The summed E-state index contributed by atoms with van der Waals surface area (Å²) < 4.78 is 5.45. The van der Waals surface area contributed by atoms with Crippen LogP contribution in [0, 0.1) is 0 Å². The first-order valence-electron chi connectivity index (χ1n) is 9.80. The molecule has 2 aliphatic heterocycles. The Kier molecular flexibility index (Phi) is 5.38. The summed E-state index contributed by atoms with van der Waals surface area (Å²) in [6, 6.07) is 3.97. The second-order valence-corrected chi connectivity index (χ2v) is 7.22. The van der Waals surface area contributed by atoms with E-state index in [4.69, 9.17) is 9.72 Å². The molecule has 0 bridgehead atoms. The molecule has 4 rings (SSSR count). The number of hydrogen-bond acceptors (Lipinski definition) is 7. The van der Waals surface area contributed by atoms with Crippen LogP contribution in [0.25, 0.3) is 0 Å². The quantitative estimate of drug-likeness (QED) is 0.753. The van der Waals surface area contributed by atoms with Crippen LogP contribution in [-0.4, -0.2) is 65.7 Å². The smallest absolute Gasteiger partial charge is 0.273 e. The Balaban J connectivity index is 1.70. The van der Waals surface area contributed by atoms with E-state index in [9.17, 15) is 4.79 Å². The molecule has 0 spiro atoms. The van der Waals surface area contributed by atoms with Gasteiger partial charge >= 0.3 is 0 Å². The van der Waals surface area contributed by atoms with Gasteiger partial charge in [-0.05, 0) is 18.1 Å². The van der Waals surface area contributed by atoms with Gasteiger partial charge in [0, 0.05) is 51.2 Å². The third kappa shape index (κ3) is 3.64. The van der Waals surface area contributed by atoms with Gasteiger partial charge in [0.05, 0.1) is 19.8 Å². The molecule has 1 amide bonds. The van der Waals surface area contributed by atoms with Gasteiger partial charge in [-0.25, -0.2) is 4.98 Å². The van der Waals surface area contributed by atoms with Crippen molar-refractivity contribution in [1.29, 1.82) is 0 Å². The summed E-state index contributed by atoms with van der Waals surface area (Å²) in [4.78, 5) is 32.7. The summed E-state index contributed by atoms with van der Waals surface area (Å²) in [5.74, 6) is 1.44.